The molecule has 44 heavy (non-hydrogen) atoms. The summed E-state index contributed by atoms with van der Waals surface area (Å²) in [5.41, 5.74) is 0.846. The molecule has 2 amide bonds. The first-order valence-corrected chi connectivity index (χ1v) is 16.1. The molecule has 1 N–H and O–H groups in total. The zero-order valence-corrected chi connectivity index (χ0v) is 27.3. The van der Waals surface area contributed by atoms with E-state index in [0.717, 1.165) is 22.7 Å². The molecule has 0 aromatic heterocycles. The molecule has 0 aliphatic rings. The molecule has 0 aliphatic heterocycles. The van der Waals surface area contributed by atoms with Gasteiger partial charge in [-0.05, 0) is 48.7 Å². The monoisotopic (exact) mass is 645 g/mol. The van der Waals surface area contributed by atoms with E-state index < -0.39 is 28.5 Å². The van der Waals surface area contributed by atoms with Crippen LogP contribution in [0.1, 0.15) is 38.7 Å². The minimum atomic E-state index is -4.42. The van der Waals surface area contributed by atoms with Crippen LogP contribution < -0.4 is 23.8 Å². The van der Waals surface area contributed by atoms with Gasteiger partial charge in [-0.15, -0.1) is 0 Å². The second kappa shape index (κ2) is 16.2. The van der Waals surface area contributed by atoms with Crippen LogP contribution in [0.2, 0.25) is 5.02 Å². The number of benzene rings is 3. The third-order valence-electron chi connectivity index (χ3n) is 7.04. The van der Waals surface area contributed by atoms with Crippen molar-refractivity contribution in [3.05, 3.63) is 77.3 Å². The Morgan fingerprint density at radius 3 is 2.16 bits per heavy atom. The Balaban J connectivity index is 2.14. The minimum Gasteiger partial charge on any atom is -0.495 e. The van der Waals surface area contributed by atoms with Crippen molar-refractivity contribution < 1.29 is 32.2 Å². The SMILES string of the molecule is CCCCNC(=O)[C@@H](CC)N(Cc1ccccc1)C(=O)CN(c1cc(Cl)ccc1OC)S(=O)(=O)c1ccc(OC)c(OC)c1. The molecule has 0 fully saturated rings. The van der Waals surface area contributed by atoms with E-state index in [1.54, 1.807) is 6.07 Å². The van der Waals surface area contributed by atoms with Crippen molar-refractivity contribution in [2.45, 2.75) is 50.6 Å². The van der Waals surface area contributed by atoms with Crippen molar-refractivity contribution in [2.75, 3.05) is 38.7 Å². The van der Waals surface area contributed by atoms with Crippen LogP contribution in [0.15, 0.2) is 71.6 Å². The molecule has 238 valence electrons. The third kappa shape index (κ3) is 8.35. The first-order valence-electron chi connectivity index (χ1n) is 14.3. The van der Waals surface area contributed by atoms with Crippen molar-refractivity contribution in [3.63, 3.8) is 0 Å². The predicted octanol–water partition coefficient (Wildman–Crippen LogP) is 5.28. The van der Waals surface area contributed by atoms with E-state index >= 15 is 0 Å². The number of carbonyl (C=O) groups is 2. The van der Waals surface area contributed by atoms with Gasteiger partial charge in [-0.3, -0.25) is 13.9 Å². The molecule has 0 aliphatic carbocycles. The summed E-state index contributed by atoms with van der Waals surface area (Å²) in [6, 6.07) is 17.0. The topological polar surface area (TPSA) is 114 Å². The summed E-state index contributed by atoms with van der Waals surface area (Å²) < 4.78 is 45.7. The lowest BCUT2D eigenvalue weighted by molar-refractivity contribution is -0.140. The molecule has 0 bridgehead atoms. The number of halogens is 1. The molecule has 0 saturated carbocycles. The maximum Gasteiger partial charge on any atom is 0.265 e. The molecule has 3 aromatic rings. The van der Waals surface area contributed by atoms with Gasteiger partial charge in [0.15, 0.2) is 11.5 Å². The molecule has 10 nitrogen and oxygen atoms in total. The Kier molecular flexibility index (Phi) is 12.7. The van der Waals surface area contributed by atoms with Crippen LogP contribution in [-0.4, -0.2) is 65.6 Å². The van der Waals surface area contributed by atoms with Gasteiger partial charge in [0.1, 0.15) is 18.3 Å². The molecule has 3 rings (SSSR count). The van der Waals surface area contributed by atoms with Gasteiger partial charge in [-0.1, -0.05) is 62.2 Å². The summed E-state index contributed by atoms with van der Waals surface area (Å²) in [5.74, 6) is -0.177. The quantitative estimate of drug-likeness (QED) is 0.211. The smallest absolute Gasteiger partial charge is 0.265 e. The van der Waals surface area contributed by atoms with Crippen molar-refractivity contribution in [3.8, 4) is 17.2 Å². The maximum absolute atomic E-state index is 14.3. The fourth-order valence-corrected chi connectivity index (χ4v) is 6.28. The zero-order valence-electron chi connectivity index (χ0n) is 25.7. The number of hydrogen-bond acceptors (Lipinski definition) is 7. The number of hydrogen-bond donors (Lipinski definition) is 1. The Morgan fingerprint density at radius 2 is 1.55 bits per heavy atom. The highest BCUT2D eigenvalue weighted by molar-refractivity contribution is 7.92. The summed E-state index contributed by atoms with van der Waals surface area (Å²) in [4.78, 5) is 28.9. The molecule has 1 atom stereocenters. The molecule has 12 heteroatoms. The number of sulfonamides is 1. The number of anilines is 1. The third-order valence-corrected chi connectivity index (χ3v) is 9.03. The molecular formula is C32H40ClN3O7S. The molecule has 3 aromatic carbocycles. The van der Waals surface area contributed by atoms with Crippen LogP contribution in [0.4, 0.5) is 5.69 Å². The van der Waals surface area contributed by atoms with Crippen molar-refractivity contribution in [1.29, 1.82) is 0 Å². The van der Waals surface area contributed by atoms with Crippen LogP contribution >= 0.6 is 11.6 Å². The van der Waals surface area contributed by atoms with Gasteiger partial charge in [0.05, 0.1) is 31.9 Å². The highest BCUT2D eigenvalue weighted by Gasteiger charge is 2.35. The van der Waals surface area contributed by atoms with Crippen LogP contribution in [0, 0.1) is 0 Å². The van der Waals surface area contributed by atoms with Crippen LogP contribution in [0.5, 0.6) is 17.2 Å². The summed E-state index contributed by atoms with van der Waals surface area (Å²) in [6.07, 6.45) is 2.01. The van der Waals surface area contributed by atoms with E-state index in [2.05, 4.69) is 5.32 Å². The number of amides is 2. The Hall–Kier alpha value is -3.96. The second-order valence-corrected chi connectivity index (χ2v) is 12.2. The van der Waals surface area contributed by atoms with Gasteiger partial charge in [0.25, 0.3) is 10.0 Å². The standard InChI is InChI=1S/C32H40ClN3O7S/c1-6-8-18-34-32(38)26(7-2)35(21-23-12-10-9-11-13-23)31(37)22-36(27-19-24(33)14-16-28(27)41-3)44(39,40)25-15-17-29(42-4)30(20-25)43-5/h9-17,19-20,26H,6-8,18,21-22H2,1-5H3,(H,34,38)/t26-/m1/s1. The summed E-state index contributed by atoms with van der Waals surface area (Å²) >= 11 is 6.32. The number of methoxy groups -OCH3 is 3. The lowest BCUT2D eigenvalue weighted by atomic mass is 10.1. The van der Waals surface area contributed by atoms with E-state index in [1.807, 2.05) is 44.2 Å². The summed E-state index contributed by atoms with van der Waals surface area (Å²) in [6.45, 7) is 3.76. The van der Waals surface area contributed by atoms with Crippen LogP contribution in [-0.2, 0) is 26.2 Å². The highest BCUT2D eigenvalue weighted by Crippen LogP contribution is 2.37. The predicted molar refractivity (Wildman–Crippen MR) is 171 cm³/mol. The number of unbranched alkanes of at least 4 members (excludes halogenated alkanes) is 1. The van der Waals surface area contributed by atoms with Crippen molar-refractivity contribution in [1.82, 2.24) is 10.2 Å². The first-order chi connectivity index (χ1) is 21.1. The first kappa shape index (κ1) is 34.5. The Morgan fingerprint density at radius 1 is 0.886 bits per heavy atom. The van der Waals surface area contributed by atoms with E-state index in [9.17, 15) is 18.0 Å². The number of carbonyl (C=O) groups excluding carboxylic acids is 2. The average molecular weight is 646 g/mol. The largest absolute Gasteiger partial charge is 0.495 e. The van der Waals surface area contributed by atoms with Gasteiger partial charge in [-0.2, -0.15) is 0 Å². The fourth-order valence-electron chi connectivity index (χ4n) is 4.68. The molecule has 0 heterocycles. The number of nitrogens with zero attached hydrogens (tertiary/aromatic N) is 2. The van der Waals surface area contributed by atoms with Crippen LogP contribution in [0.25, 0.3) is 0 Å². The molecule has 0 unspecified atom stereocenters. The second-order valence-electron chi connectivity index (χ2n) is 9.92. The highest BCUT2D eigenvalue weighted by atomic mass is 35.5. The molecule has 0 saturated heterocycles. The fraction of sp³-hybridized carbons (Fsp3) is 0.375. The van der Waals surface area contributed by atoms with E-state index in [1.165, 1.54) is 56.6 Å². The average Bonchev–Trinajstić information content (AvgIpc) is 3.03. The Bertz CT molecular complexity index is 1520. The summed E-state index contributed by atoms with van der Waals surface area (Å²) in [7, 11) is -0.189. The molecular weight excluding hydrogens is 606 g/mol. The number of nitrogens with one attached hydrogen (secondary N) is 1. The van der Waals surface area contributed by atoms with Gasteiger partial charge < -0.3 is 24.4 Å². The van der Waals surface area contributed by atoms with Crippen LogP contribution in [0.3, 0.4) is 0 Å². The molecule has 0 radical (unpaired) electrons. The maximum atomic E-state index is 14.3. The lowest BCUT2D eigenvalue weighted by Gasteiger charge is -2.33. The van der Waals surface area contributed by atoms with E-state index in [-0.39, 0.29) is 39.6 Å². The Labute approximate surface area is 264 Å². The van der Waals surface area contributed by atoms with Gasteiger partial charge in [0.2, 0.25) is 11.8 Å². The zero-order chi connectivity index (χ0) is 32.3. The number of ether oxygens (including phenoxy) is 3. The van der Waals surface area contributed by atoms with Gasteiger partial charge in [0, 0.05) is 24.2 Å². The minimum absolute atomic E-state index is 0.0586. The van der Waals surface area contributed by atoms with E-state index in [4.69, 9.17) is 25.8 Å². The van der Waals surface area contributed by atoms with Gasteiger partial charge >= 0.3 is 0 Å². The lowest BCUT2D eigenvalue weighted by Crippen LogP contribution is -2.52. The summed E-state index contributed by atoms with van der Waals surface area (Å²) in [5, 5.41) is 3.16. The number of rotatable bonds is 16. The van der Waals surface area contributed by atoms with Crippen molar-refractivity contribution in [2.24, 2.45) is 0 Å². The van der Waals surface area contributed by atoms with E-state index in [0.29, 0.717) is 18.7 Å². The molecule has 0 spiro atoms. The van der Waals surface area contributed by atoms with Gasteiger partial charge in [-0.25, -0.2) is 8.42 Å². The van der Waals surface area contributed by atoms with Crippen molar-refractivity contribution >= 4 is 39.1 Å². The normalized spacial score (nSPS) is 11.8.